The van der Waals surface area contributed by atoms with E-state index < -0.39 is 10.8 Å². The van der Waals surface area contributed by atoms with Crippen LogP contribution in [0.3, 0.4) is 0 Å². The fourth-order valence-electron chi connectivity index (χ4n) is 2.76. The third-order valence-corrected chi connectivity index (χ3v) is 4.93. The zero-order valence-electron chi connectivity index (χ0n) is 15.1. The van der Waals surface area contributed by atoms with Crippen molar-refractivity contribution in [3.05, 3.63) is 81.2 Å². The lowest BCUT2D eigenvalue weighted by atomic mass is 10.1. The number of carbonyl (C=O) groups is 1. The van der Waals surface area contributed by atoms with E-state index in [1.807, 2.05) is 24.4 Å². The van der Waals surface area contributed by atoms with Gasteiger partial charge in [0.25, 0.3) is 11.6 Å². The van der Waals surface area contributed by atoms with Crippen molar-refractivity contribution in [2.75, 3.05) is 5.32 Å². The van der Waals surface area contributed by atoms with Gasteiger partial charge < -0.3 is 5.32 Å². The summed E-state index contributed by atoms with van der Waals surface area (Å²) in [5.74, 6) is -0.449. The van der Waals surface area contributed by atoms with Gasteiger partial charge in [0.2, 0.25) is 0 Å². The SMILES string of the molecule is Cc1nc(-c2ccc(NC(=O)c3ccc(-n4cncn4)c([N+](=O)[O-])c3)cc2)cs1. The van der Waals surface area contributed by atoms with Crippen LogP contribution in [0.15, 0.2) is 60.5 Å². The van der Waals surface area contributed by atoms with Crippen LogP contribution in [-0.4, -0.2) is 30.6 Å². The quantitative estimate of drug-likeness (QED) is 0.397. The number of anilines is 1. The summed E-state index contributed by atoms with van der Waals surface area (Å²) in [5, 5.41) is 21.0. The molecule has 0 aliphatic heterocycles. The highest BCUT2D eigenvalue weighted by Crippen LogP contribution is 2.25. The van der Waals surface area contributed by atoms with E-state index in [9.17, 15) is 14.9 Å². The second kappa shape index (κ2) is 7.60. The predicted molar refractivity (Wildman–Crippen MR) is 108 cm³/mol. The second-order valence-corrected chi connectivity index (χ2v) is 7.15. The summed E-state index contributed by atoms with van der Waals surface area (Å²) in [7, 11) is 0. The van der Waals surface area contributed by atoms with Gasteiger partial charge in [0.05, 0.1) is 15.6 Å². The Morgan fingerprint density at radius 1 is 1.21 bits per heavy atom. The van der Waals surface area contributed by atoms with E-state index >= 15 is 0 Å². The molecule has 1 N–H and O–H groups in total. The number of aryl methyl sites for hydroxylation is 1. The van der Waals surface area contributed by atoms with Gasteiger partial charge in [0.15, 0.2) is 0 Å². The van der Waals surface area contributed by atoms with Gasteiger partial charge in [0.1, 0.15) is 18.3 Å². The van der Waals surface area contributed by atoms with E-state index in [1.54, 1.807) is 23.5 Å². The molecule has 29 heavy (non-hydrogen) atoms. The first-order valence-electron chi connectivity index (χ1n) is 8.48. The van der Waals surface area contributed by atoms with E-state index in [2.05, 4.69) is 20.4 Å². The molecule has 0 aliphatic rings. The van der Waals surface area contributed by atoms with Crippen molar-refractivity contribution < 1.29 is 9.72 Å². The smallest absolute Gasteiger partial charge is 0.295 e. The summed E-state index contributed by atoms with van der Waals surface area (Å²) in [5.41, 5.74) is 2.56. The lowest BCUT2D eigenvalue weighted by Gasteiger charge is -2.08. The molecule has 0 fully saturated rings. The van der Waals surface area contributed by atoms with Crippen molar-refractivity contribution in [3.8, 4) is 16.9 Å². The molecule has 0 saturated heterocycles. The van der Waals surface area contributed by atoms with Gasteiger partial charge in [-0.1, -0.05) is 12.1 Å². The summed E-state index contributed by atoms with van der Waals surface area (Å²) in [6, 6.07) is 11.4. The van der Waals surface area contributed by atoms with Crippen molar-refractivity contribution in [1.29, 1.82) is 0 Å². The standard InChI is InChI=1S/C19H14N6O3S/c1-12-22-16(9-29-12)13-2-5-15(6-3-13)23-19(26)14-4-7-17(18(8-14)25(27)28)24-11-20-10-21-24/h2-11H,1H3,(H,23,26). The molecule has 0 saturated carbocycles. The van der Waals surface area contributed by atoms with E-state index in [-0.39, 0.29) is 16.9 Å². The van der Waals surface area contributed by atoms with Crippen molar-refractivity contribution in [3.63, 3.8) is 0 Å². The Morgan fingerprint density at radius 2 is 2.00 bits per heavy atom. The molecule has 4 aromatic rings. The zero-order chi connectivity index (χ0) is 20.4. The maximum atomic E-state index is 12.6. The molecule has 0 atom stereocenters. The summed E-state index contributed by atoms with van der Waals surface area (Å²) < 4.78 is 1.28. The Hall–Kier alpha value is -3.92. The Balaban J connectivity index is 1.55. The molecule has 0 unspecified atom stereocenters. The first-order valence-corrected chi connectivity index (χ1v) is 9.36. The van der Waals surface area contributed by atoms with E-state index in [0.717, 1.165) is 16.3 Å². The van der Waals surface area contributed by atoms with Gasteiger partial charge in [-0.25, -0.2) is 14.6 Å². The normalized spacial score (nSPS) is 10.7. The van der Waals surface area contributed by atoms with Crippen LogP contribution < -0.4 is 5.32 Å². The van der Waals surface area contributed by atoms with Crippen LogP contribution in [0.4, 0.5) is 11.4 Å². The maximum Gasteiger partial charge on any atom is 0.295 e. The highest BCUT2D eigenvalue weighted by molar-refractivity contribution is 7.09. The number of amides is 1. The minimum Gasteiger partial charge on any atom is -0.322 e. The van der Waals surface area contributed by atoms with Crippen LogP contribution in [0.25, 0.3) is 16.9 Å². The van der Waals surface area contributed by atoms with Crippen LogP contribution in [0.1, 0.15) is 15.4 Å². The van der Waals surface area contributed by atoms with Crippen molar-refractivity contribution in [2.24, 2.45) is 0 Å². The highest BCUT2D eigenvalue weighted by Gasteiger charge is 2.19. The number of nitrogens with one attached hydrogen (secondary N) is 1. The molecule has 0 aliphatic carbocycles. The molecule has 2 heterocycles. The zero-order valence-corrected chi connectivity index (χ0v) is 16.0. The fraction of sp³-hybridized carbons (Fsp3) is 0.0526. The third kappa shape index (κ3) is 3.87. The number of nitro groups is 1. The molecule has 2 aromatic heterocycles. The number of nitrogens with zero attached hydrogens (tertiary/aromatic N) is 5. The number of aromatic nitrogens is 4. The van der Waals surface area contributed by atoms with E-state index in [1.165, 1.54) is 35.5 Å². The summed E-state index contributed by atoms with van der Waals surface area (Å²) >= 11 is 1.57. The number of thiazole rings is 1. The second-order valence-electron chi connectivity index (χ2n) is 6.08. The van der Waals surface area contributed by atoms with Crippen molar-refractivity contribution in [1.82, 2.24) is 19.7 Å². The number of nitro benzene ring substituents is 1. The number of benzene rings is 2. The maximum absolute atomic E-state index is 12.6. The summed E-state index contributed by atoms with van der Waals surface area (Å²) in [4.78, 5) is 31.7. The van der Waals surface area contributed by atoms with Crippen LogP contribution in [0.5, 0.6) is 0 Å². The molecule has 144 valence electrons. The van der Waals surface area contributed by atoms with Crippen LogP contribution in [0, 0.1) is 17.0 Å². The fourth-order valence-corrected chi connectivity index (χ4v) is 3.38. The first kappa shape index (κ1) is 18.4. The Labute approximate surface area is 168 Å². The Bertz CT molecular complexity index is 1190. The molecule has 0 radical (unpaired) electrons. The van der Waals surface area contributed by atoms with Gasteiger partial charge in [-0.3, -0.25) is 14.9 Å². The first-order chi connectivity index (χ1) is 14.0. The molecule has 2 aromatic carbocycles. The van der Waals surface area contributed by atoms with Crippen molar-refractivity contribution in [2.45, 2.75) is 6.92 Å². The van der Waals surface area contributed by atoms with Gasteiger partial charge in [-0.2, -0.15) is 5.10 Å². The lowest BCUT2D eigenvalue weighted by Crippen LogP contribution is -2.13. The van der Waals surface area contributed by atoms with Gasteiger partial charge >= 0.3 is 0 Å². The van der Waals surface area contributed by atoms with E-state index in [4.69, 9.17) is 0 Å². The van der Waals surface area contributed by atoms with E-state index in [0.29, 0.717) is 5.69 Å². The Kier molecular flexibility index (Phi) is 4.83. The molecule has 0 spiro atoms. The van der Waals surface area contributed by atoms with Gasteiger partial charge in [-0.15, -0.1) is 11.3 Å². The third-order valence-electron chi connectivity index (χ3n) is 4.16. The molecular weight excluding hydrogens is 392 g/mol. The minimum absolute atomic E-state index is 0.166. The Morgan fingerprint density at radius 3 is 2.62 bits per heavy atom. The summed E-state index contributed by atoms with van der Waals surface area (Å²) in [6.07, 6.45) is 2.63. The average Bonchev–Trinajstić information content (AvgIpc) is 3.40. The number of hydrogen-bond acceptors (Lipinski definition) is 7. The molecule has 1 amide bonds. The van der Waals surface area contributed by atoms with Crippen LogP contribution in [-0.2, 0) is 0 Å². The average molecular weight is 406 g/mol. The van der Waals surface area contributed by atoms with Crippen molar-refractivity contribution >= 4 is 28.6 Å². The lowest BCUT2D eigenvalue weighted by molar-refractivity contribution is -0.384. The molecular formula is C19H14N6O3S. The van der Waals surface area contributed by atoms with Crippen LogP contribution in [0.2, 0.25) is 0 Å². The number of hydrogen-bond donors (Lipinski definition) is 1. The monoisotopic (exact) mass is 406 g/mol. The van der Waals surface area contributed by atoms with Crippen LogP contribution >= 0.6 is 11.3 Å². The molecule has 10 heteroatoms. The summed E-state index contributed by atoms with van der Waals surface area (Å²) in [6.45, 7) is 1.94. The number of carbonyl (C=O) groups excluding carboxylic acids is 1. The molecule has 0 bridgehead atoms. The predicted octanol–water partition coefficient (Wildman–Crippen LogP) is 3.86. The largest absolute Gasteiger partial charge is 0.322 e. The molecule has 9 nitrogen and oxygen atoms in total. The van der Waals surface area contributed by atoms with Gasteiger partial charge in [0, 0.05) is 28.3 Å². The highest BCUT2D eigenvalue weighted by atomic mass is 32.1. The minimum atomic E-state index is -0.557. The number of rotatable bonds is 5. The molecule has 4 rings (SSSR count). The van der Waals surface area contributed by atoms with Gasteiger partial charge in [-0.05, 0) is 31.2 Å². The topological polar surface area (TPSA) is 116 Å².